The number of ether oxygens (including phenoxy) is 1. The third kappa shape index (κ3) is 11.2. The summed E-state index contributed by atoms with van der Waals surface area (Å²) in [5.41, 5.74) is 4.75. The van der Waals surface area contributed by atoms with Crippen molar-refractivity contribution in [3.05, 3.63) is 34.9 Å². The Labute approximate surface area is 250 Å². The van der Waals surface area contributed by atoms with Crippen LogP contribution >= 0.6 is 0 Å². The van der Waals surface area contributed by atoms with Crippen molar-refractivity contribution in [1.29, 1.82) is 0 Å². The molecule has 0 radical (unpaired) electrons. The van der Waals surface area contributed by atoms with Gasteiger partial charge < -0.3 is 4.74 Å². The normalized spacial score (nSPS) is 17.7. The Morgan fingerprint density at radius 2 is 1.23 bits per heavy atom. The van der Waals surface area contributed by atoms with Crippen LogP contribution in [0.2, 0.25) is 0 Å². The second-order valence-electron chi connectivity index (χ2n) is 16.9. The van der Waals surface area contributed by atoms with Gasteiger partial charge >= 0.3 is 5.97 Å². The van der Waals surface area contributed by atoms with E-state index in [1.54, 1.807) is 0 Å². The minimum Gasteiger partial charge on any atom is -0.462 e. The number of carbonyl (C=O) groups excluding carboxylic acids is 1. The van der Waals surface area contributed by atoms with E-state index in [1.807, 2.05) is 0 Å². The van der Waals surface area contributed by atoms with E-state index in [9.17, 15) is 4.79 Å². The molecule has 232 valence electrons. The molecule has 1 aliphatic rings. The molecule has 1 aromatic carbocycles. The average Bonchev–Trinajstić information content (AvgIpc) is 2.81. The molecule has 0 aromatic heterocycles. The smallest absolute Gasteiger partial charge is 0.312 e. The van der Waals surface area contributed by atoms with Gasteiger partial charge in [0.1, 0.15) is 6.10 Å². The van der Waals surface area contributed by atoms with Crippen molar-refractivity contribution in [1.82, 2.24) is 0 Å². The molecule has 0 saturated heterocycles. The zero-order valence-electron chi connectivity index (χ0n) is 29.5. The van der Waals surface area contributed by atoms with Crippen LogP contribution < -0.4 is 0 Å². The molecule has 1 aromatic rings. The maximum absolute atomic E-state index is 12.5. The molecule has 0 amide bonds. The molecule has 1 saturated carbocycles. The van der Waals surface area contributed by atoms with Crippen LogP contribution in [0.4, 0.5) is 0 Å². The van der Waals surface area contributed by atoms with Crippen molar-refractivity contribution in [2.45, 2.75) is 179 Å². The molecule has 0 bridgehead atoms. The first kappa shape index (κ1) is 36.7. The van der Waals surface area contributed by atoms with Gasteiger partial charge in [-0.05, 0) is 96.1 Å². The summed E-state index contributed by atoms with van der Waals surface area (Å²) in [6.45, 7) is 34.1. The summed E-state index contributed by atoms with van der Waals surface area (Å²) in [6.07, 6.45) is 9.14. The Morgan fingerprint density at radius 3 is 1.57 bits per heavy atom. The van der Waals surface area contributed by atoms with Gasteiger partial charge in [0.15, 0.2) is 0 Å². The lowest BCUT2D eigenvalue weighted by Gasteiger charge is -2.40. The predicted molar refractivity (Wildman–Crippen MR) is 176 cm³/mol. The molecule has 0 aliphatic heterocycles. The molecule has 0 spiro atoms. The molecule has 40 heavy (non-hydrogen) atoms. The van der Waals surface area contributed by atoms with Gasteiger partial charge in [0, 0.05) is 0 Å². The lowest BCUT2D eigenvalue weighted by Crippen LogP contribution is -2.43. The highest BCUT2D eigenvalue weighted by Gasteiger charge is 2.45. The first-order chi connectivity index (χ1) is 18.1. The molecule has 2 atom stereocenters. The van der Waals surface area contributed by atoms with Crippen molar-refractivity contribution < 1.29 is 9.53 Å². The highest BCUT2D eigenvalue weighted by atomic mass is 16.5. The van der Waals surface area contributed by atoms with Gasteiger partial charge in [-0.2, -0.15) is 0 Å². The van der Waals surface area contributed by atoms with E-state index in [0.717, 1.165) is 25.7 Å². The first-order valence-corrected chi connectivity index (χ1v) is 16.5. The van der Waals surface area contributed by atoms with E-state index in [2.05, 4.69) is 122 Å². The number of hydrogen-bond donors (Lipinski definition) is 0. The number of benzene rings is 1. The third-order valence-corrected chi connectivity index (χ3v) is 9.28. The zero-order chi connectivity index (χ0) is 31.1. The lowest BCUT2D eigenvalue weighted by atomic mass is 9.65. The van der Waals surface area contributed by atoms with Crippen LogP contribution in [0.15, 0.2) is 18.2 Å². The van der Waals surface area contributed by atoms with Crippen LogP contribution in [0.25, 0.3) is 0 Å². The van der Waals surface area contributed by atoms with Crippen molar-refractivity contribution in [3.8, 4) is 0 Å². The molecule has 1 fully saturated rings. The summed E-state index contributed by atoms with van der Waals surface area (Å²) in [5, 5.41) is 0. The second-order valence-corrected chi connectivity index (χ2v) is 16.9. The van der Waals surface area contributed by atoms with E-state index in [4.69, 9.17) is 4.74 Å². The largest absolute Gasteiger partial charge is 0.462 e. The fourth-order valence-corrected chi connectivity index (χ4v) is 5.85. The molecule has 1 aliphatic carbocycles. The summed E-state index contributed by atoms with van der Waals surface area (Å²) in [7, 11) is 0. The lowest BCUT2D eigenvalue weighted by molar-refractivity contribution is -0.169. The van der Waals surface area contributed by atoms with Gasteiger partial charge in [0.25, 0.3) is 0 Å². The van der Waals surface area contributed by atoms with Gasteiger partial charge in [0.2, 0.25) is 0 Å². The molecule has 2 heteroatoms. The number of rotatable bonds is 8. The Morgan fingerprint density at radius 1 is 0.775 bits per heavy atom. The van der Waals surface area contributed by atoms with Gasteiger partial charge in [-0.25, -0.2) is 0 Å². The van der Waals surface area contributed by atoms with Crippen molar-refractivity contribution in [3.63, 3.8) is 0 Å². The molecule has 2 unspecified atom stereocenters. The topological polar surface area (TPSA) is 26.3 Å². The number of hydrogen-bond acceptors (Lipinski definition) is 2. The Hall–Kier alpha value is -1.31. The molecule has 2 rings (SSSR count). The van der Waals surface area contributed by atoms with Crippen LogP contribution in [0.5, 0.6) is 0 Å². The van der Waals surface area contributed by atoms with Gasteiger partial charge in [-0.3, -0.25) is 4.79 Å². The molecular weight excluding hydrogens is 488 g/mol. The van der Waals surface area contributed by atoms with E-state index >= 15 is 0 Å². The van der Waals surface area contributed by atoms with Crippen molar-refractivity contribution in [2.75, 3.05) is 0 Å². The minimum atomic E-state index is -0.362. The molecule has 2 nitrogen and oxygen atoms in total. The van der Waals surface area contributed by atoms with E-state index < -0.39 is 0 Å². The molecular formula is C38H68O2. The van der Waals surface area contributed by atoms with Gasteiger partial charge in [-0.15, -0.1) is 0 Å². The van der Waals surface area contributed by atoms with Crippen LogP contribution in [0, 0.1) is 21.7 Å². The maximum atomic E-state index is 12.5. The van der Waals surface area contributed by atoms with Crippen LogP contribution in [0.1, 0.15) is 190 Å². The Bertz CT molecular complexity index is 871. The standard InChI is InChI=1S/C22H38.C16H30O2/c1-15(2)17-11-18(16(3)4)13-19(12-17)20(22(8,9)10)14-21(5,6)7;1-6-12-16(5,15(2,3)4)14(17)18-13-10-8-7-9-11-13/h11-13,15-16,20H,14H2,1-10H3;13H,6-12H2,1-5H3. The summed E-state index contributed by atoms with van der Waals surface area (Å²) < 4.78 is 5.80. The third-order valence-electron chi connectivity index (χ3n) is 9.28. The second kappa shape index (κ2) is 14.7. The predicted octanol–water partition coefficient (Wildman–Crippen LogP) is 12.2. The van der Waals surface area contributed by atoms with Crippen molar-refractivity contribution in [2.24, 2.45) is 21.7 Å². The van der Waals surface area contributed by atoms with E-state index in [-0.39, 0.29) is 28.3 Å². The number of esters is 1. The summed E-state index contributed by atoms with van der Waals surface area (Å²) in [6, 6.07) is 7.35. The summed E-state index contributed by atoms with van der Waals surface area (Å²) in [4.78, 5) is 12.5. The van der Waals surface area contributed by atoms with Gasteiger partial charge in [0.05, 0.1) is 5.41 Å². The highest BCUT2D eigenvalue weighted by Crippen LogP contribution is 2.45. The summed E-state index contributed by atoms with van der Waals surface area (Å²) >= 11 is 0. The van der Waals surface area contributed by atoms with Crippen LogP contribution in [0.3, 0.4) is 0 Å². The Kier molecular flexibility index (Phi) is 13.5. The van der Waals surface area contributed by atoms with Gasteiger partial charge in [-0.1, -0.05) is 128 Å². The van der Waals surface area contributed by atoms with Crippen LogP contribution in [-0.4, -0.2) is 12.1 Å². The first-order valence-electron chi connectivity index (χ1n) is 16.5. The van der Waals surface area contributed by atoms with Crippen molar-refractivity contribution >= 4 is 5.97 Å². The maximum Gasteiger partial charge on any atom is 0.312 e. The number of carbonyl (C=O) groups is 1. The Balaban J connectivity index is 0.000000408. The van der Waals surface area contributed by atoms with E-state index in [0.29, 0.717) is 23.2 Å². The molecule has 0 heterocycles. The average molecular weight is 557 g/mol. The highest BCUT2D eigenvalue weighted by molar-refractivity contribution is 5.77. The minimum absolute atomic E-state index is 0.0174. The quantitative estimate of drug-likeness (QED) is 0.298. The summed E-state index contributed by atoms with van der Waals surface area (Å²) in [5.74, 6) is 1.80. The van der Waals surface area contributed by atoms with E-state index in [1.165, 1.54) is 42.4 Å². The zero-order valence-corrected chi connectivity index (χ0v) is 29.5. The van der Waals surface area contributed by atoms with Crippen LogP contribution in [-0.2, 0) is 9.53 Å². The molecule has 0 N–H and O–H groups in total. The monoisotopic (exact) mass is 557 g/mol. The SMILES string of the molecule is CC(C)c1cc(C(C)C)cc(C(CC(C)(C)C)C(C)(C)C)c1.CCCC(C)(C(=O)OC1CCCCC1)C(C)(C)C. The fourth-order valence-electron chi connectivity index (χ4n) is 5.85. The fraction of sp³-hybridized carbons (Fsp3) is 0.816.